The van der Waals surface area contributed by atoms with Crippen LogP contribution in [0.1, 0.15) is 12.5 Å². The molecule has 0 saturated heterocycles. The minimum Gasteiger partial charge on any atom is -0.274 e. The van der Waals surface area contributed by atoms with Gasteiger partial charge in [-0.1, -0.05) is 30.3 Å². The molecule has 90 valence electrons. The molecule has 0 N–H and O–H groups in total. The normalized spacial score (nSPS) is 10.6. The summed E-state index contributed by atoms with van der Waals surface area (Å²) < 4.78 is 24.0. The number of carbonyl (C=O) groups excluding carboxylic acids is 1. The van der Waals surface area contributed by atoms with Crippen LogP contribution < -0.4 is 0 Å². The number of rotatable bonds is 4. The zero-order valence-electron chi connectivity index (χ0n) is 9.33. The first-order chi connectivity index (χ1) is 7.97. The van der Waals surface area contributed by atoms with Crippen molar-refractivity contribution < 1.29 is 13.2 Å². The highest BCUT2D eigenvalue weighted by Gasteiger charge is 2.24. The summed E-state index contributed by atoms with van der Waals surface area (Å²) in [5, 5.41) is 8.43. The average molecular weight is 252 g/mol. The lowest BCUT2D eigenvalue weighted by atomic mass is 10.2. The topological polar surface area (TPSA) is 78.2 Å². The summed E-state index contributed by atoms with van der Waals surface area (Å²) in [5.74, 6) is -1.29. The summed E-state index contributed by atoms with van der Waals surface area (Å²) in [6.07, 6.45) is 0. The van der Waals surface area contributed by atoms with Crippen LogP contribution in [-0.4, -0.2) is 24.4 Å². The van der Waals surface area contributed by atoms with E-state index >= 15 is 0 Å². The van der Waals surface area contributed by atoms with Crippen molar-refractivity contribution in [1.29, 1.82) is 5.26 Å². The van der Waals surface area contributed by atoms with E-state index in [4.69, 9.17) is 5.26 Å². The highest BCUT2D eigenvalue weighted by Crippen LogP contribution is 2.10. The molecule has 6 heteroatoms. The van der Waals surface area contributed by atoms with Crippen LogP contribution in [0.5, 0.6) is 0 Å². The minimum atomic E-state index is -3.85. The monoisotopic (exact) mass is 252 g/mol. The maximum Gasteiger partial charge on any atom is 0.251 e. The number of carbonyl (C=O) groups is 1. The number of hydrogen-bond donors (Lipinski definition) is 0. The second-order valence-electron chi connectivity index (χ2n) is 3.43. The van der Waals surface area contributed by atoms with Gasteiger partial charge in [0, 0.05) is 6.92 Å². The third-order valence-electron chi connectivity index (χ3n) is 2.10. The van der Waals surface area contributed by atoms with Crippen LogP contribution in [0.3, 0.4) is 0 Å². The molecule has 0 heterocycles. The van der Waals surface area contributed by atoms with Crippen molar-refractivity contribution in [3.8, 4) is 6.07 Å². The minimum absolute atomic E-state index is 0.0415. The number of amides is 1. The zero-order chi connectivity index (χ0) is 12.9. The van der Waals surface area contributed by atoms with Gasteiger partial charge in [-0.2, -0.15) is 5.26 Å². The van der Waals surface area contributed by atoms with E-state index < -0.39 is 21.7 Å². The molecular formula is C11H12N2O3S. The first-order valence-electron chi connectivity index (χ1n) is 4.89. The molecule has 5 nitrogen and oxygen atoms in total. The number of nitrogens with zero attached hydrogens (tertiary/aromatic N) is 2. The first-order valence-corrected chi connectivity index (χ1v) is 6.50. The smallest absolute Gasteiger partial charge is 0.251 e. The largest absolute Gasteiger partial charge is 0.274 e. The molecular weight excluding hydrogens is 240 g/mol. The number of sulfonamides is 1. The molecule has 1 aromatic carbocycles. The van der Waals surface area contributed by atoms with Gasteiger partial charge in [-0.3, -0.25) is 4.79 Å². The third-order valence-corrected chi connectivity index (χ3v) is 3.65. The van der Waals surface area contributed by atoms with Crippen molar-refractivity contribution >= 4 is 15.9 Å². The third kappa shape index (κ3) is 3.57. The van der Waals surface area contributed by atoms with E-state index in [1.807, 2.05) is 0 Å². The molecule has 0 bridgehead atoms. The van der Waals surface area contributed by atoms with E-state index in [1.54, 1.807) is 36.4 Å². The molecule has 1 rings (SSSR count). The molecule has 0 atom stereocenters. The second kappa shape index (κ2) is 5.46. The number of hydrogen-bond acceptors (Lipinski definition) is 4. The Morgan fingerprint density at radius 1 is 1.35 bits per heavy atom. The molecule has 0 fully saturated rings. The molecule has 0 aliphatic rings. The molecule has 0 unspecified atom stereocenters. The van der Waals surface area contributed by atoms with Gasteiger partial charge in [0.2, 0.25) is 5.91 Å². The SMILES string of the molecule is CC(=O)N(Cc1ccccc1)S(=O)(=O)CC#N. The van der Waals surface area contributed by atoms with Gasteiger partial charge < -0.3 is 0 Å². The fourth-order valence-corrected chi connectivity index (χ4v) is 2.37. The summed E-state index contributed by atoms with van der Waals surface area (Å²) >= 11 is 0. The van der Waals surface area contributed by atoms with Crippen molar-refractivity contribution in [2.75, 3.05) is 5.75 Å². The van der Waals surface area contributed by atoms with Crippen molar-refractivity contribution in [3.63, 3.8) is 0 Å². The first kappa shape index (κ1) is 13.2. The highest BCUT2D eigenvalue weighted by molar-refractivity contribution is 7.89. The van der Waals surface area contributed by atoms with Crippen LogP contribution in [0.25, 0.3) is 0 Å². The van der Waals surface area contributed by atoms with Crippen LogP contribution in [0.15, 0.2) is 30.3 Å². The molecule has 0 spiro atoms. The summed E-state index contributed by atoms with van der Waals surface area (Å²) in [6.45, 7) is 1.12. The number of nitriles is 1. The number of benzene rings is 1. The average Bonchev–Trinajstić information content (AvgIpc) is 2.26. The Hall–Kier alpha value is -1.87. The van der Waals surface area contributed by atoms with Crippen molar-refractivity contribution in [2.24, 2.45) is 0 Å². The van der Waals surface area contributed by atoms with Gasteiger partial charge in [0.25, 0.3) is 10.0 Å². The summed E-state index contributed by atoms with van der Waals surface area (Å²) in [6, 6.07) is 10.3. The van der Waals surface area contributed by atoms with Gasteiger partial charge in [0.15, 0.2) is 5.75 Å². The van der Waals surface area contributed by atoms with Crippen LogP contribution in [0.4, 0.5) is 0 Å². The molecule has 0 aliphatic heterocycles. The lowest BCUT2D eigenvalue weighted by Gasteiger charge is -2.19. The van der Waals surface area contributed by atoms with Crippen LogP contribution in [-0.2, 0) is 21.4 Å². The highest BCUT2D eigenvalue weighted by atomic mass is 32.2. The predicted molar refractivity (Wildman–Crippen MR) is 62.1 cm³/mol. The van der Waals surface area contributed by atoms with Crippen LogP contribution >= 0.6 is 0 Å². The van der Waals surface area contributed by atoms with Gasteiger partial charge >= 0.3 is 0 Å². The Morgan fingerprint density at radius 2 is 1.94 bits per heavy atom. The van der Waals surface area contributed by atoms with Crippen molar-refractivity contribution in [1.82, 2.24) is 4.31 Å². The summed E-state index contributed by atoms with van der Waals surface area (Å²) in [4.78, 5) is 11.3. The molecule has 0 radical (unpaired) electrons. The molecule has 0 aromatic heterocycles. The maximum absolute atomic E-state index is 11.7. The Kier molecular flexibility index (Phi) is 4.24. The van der Waals surface area contributed by atoms with Gasteiger partial charge in [0.1, 0.15) is 0 Å². The quantitative estimate of drug-likeness (QED) is 0.797. The van der Waals surface area contributed by atoms with E-state index in [1.165, 1.54) is 0 Å². The van der Waals surface area contributed by atoms with E-state index in [9.17, 15) is 13.2 Å². The molecule has 0 aliphatic carbocycles. The van der Waals surface area contributed by atoms with Crippen LogP contribution in [0, 0.1) is 11.3 Å². The summed E-state index contributed by atoms with van der Waals surface area (Å²) in [7, 11) is -3.85. The molecule has 1 aromatic rings. The Labute approximate surface area is 100 Å². The summed E-state index contributed by atoms with van der Waals surface area (Å²) in [5.41, 5.74) is 0.698. The van der Waals surface area contributed by atoms with Gasteiger partial charge in [-0.15, -0.1) is 0 Å². The van der Waals surface area contributed by atoms with E-state index in [-0.39, 0.29) is 6.54 Å². The lowest BCUT2D eigenvalue weighted by Crippen LogP contribution is -2.36. The van der Waals surface area contributed by atoms with Gasteiger partial charge in [-0.25, -0.2) is 12.7 Å². The standard InChI is InChI=1S/C11H12N2O3S/c1-10(14)13(17(15,16)8-7-12)9-11-5-3-2-4-6-11/h2-6H,8-9H2,1H3. The van der Waals surface area contributed by atoms with Crippen molar-refractivity contribution in [3.05, 3.63) is 35.9 Å². The second-order valence-corrected chi connectivity index (χ2v) is 5.32. The molecule has 17 heavy (non-hydrogen) atoms. The van der Waals surface area contributed by atoms with Gasteiger partial charge in [0.05, 0.1) is 12.6 Å². The maximum atomic E-state index is 11.7. The lowest BCUT2D eigenvalue weighted by molar-refractivity contribution is -0.124. The molecule has 0 saturated carbocycles. The predicted octanol–water partition coefficient (Wildman–Crippen LogP) is 0.888. The van der Waals surface area contributed by atoms with Crippen molar-refractivity contribution in [2.45, 2.75) is 13.5 Å². The fraction of sp³-hybridized carbons (Fsp3) is 0.273. The van der Waals surface area contributed by atoms with E-state index in [0.29, 0.717) is 9.87 Å². The Morgan fingerprint density at radius 3 is 2.41 bits per heavy atom. The Bertz CT molecular complexity index is 532. The van der Waals surface area contributed by atoms with Gasteiger partial charge in [-0.05, 0) is 5.56 Å². The van der Waals surface area contributed by atoms with E-state index in [0.717, 1.165) is 6.92 Å². The molecule has 1 amide bonds. The van der Waals surface area contributed by atoms with Crippen LogP contribution in [0.2, 0.25) is 0 Å². The zero-order valence-corrected chi connectivity index (χ0v) is 10.1. The Balaban J connectivity index is 2.97. The van der Waals surface area contributed by atoms with E-state index in [2.05, 4.69) is 0 Å². The fourth-order valence-electron chi connectivity index (χ4n) is 1.31.